The Balaban J connectivity index is 2.54. The highest BCUT2D eigenvalue weighted by atomic mass is 16.5. The molecule has 0 amide bonds. The lowest BCUT2D eigenvalue weighted by molar-refractivity contribution is 0.00600. The first kappa shape index (κ1) is 15.9. The van der Waals surface area contributed by atoms with Crippen molar-refractivity contribution in [2.75, 3.05) is 40.8 Å². The molecule has 0 aromatic rings. The summed E-state index contributed by atoms with van der Waals surface area (Å²) in [5, 5.41) is 0. The first-order valence-electron chi connectivity index (χ1n) is 6.79. The van der Waals surface area contributed by atoms with Crippen molar-refractivity contribution in [3.05, 3.63) is 0 Å². The zero-order valence-corrected chi connectivity index (χ0v) is 12.6. The van der Waals surface area contributed by atoms with E-state index < -0.39 is 0 Å². The second kappa shape index (κ2) is 6.82. The summed E-state index contributed by atoms with van der Waals surface area (Å²) in [6.07, 6.45) is 2.03. The molecule has 5 nitrogen and oxygen atoms in total. The minimum absolute atomic E-state index is 0.0752. The summed E-state index contributed by atoms with van der Waals surface area (Å²) >= 11 is 0. The smallest absolute Gasteiger partial charge is 0.0623 e. The van der Waals surface area contributed by atoms with E-state index in [4.69, 9.17) is 10.6 Å². The molecule has 1 saturated heterocycles. The fourth-order valence-electron chi connectivity index (χ4n) is 2.47. The first-order valence-corrected chi connectivity index (χ1v) is 6.79. The molecule has 2 unspecified atom stereocenters. The van der Waals surface area contributed by atoms with Crippen molar-refractivity contribution in [1.82, 2.24) is 15.2 Å². The lowest BCUT2D eigenvalue weighted by atomic mass is 9.94. The maximum atomic E-state index is 5.75. The molecule has 1 heterocycles. The van der Waals surface area contributed by atoms with Crippen molar-refractivity contribution < 1.29 is 4.74 Å². The van der Waals surface area contributed by atoms with Crippen LogP contribution in [0.2, 0.25) is 0 Å². The van der Waals surface area contributed by atoms with Crippen LogP contribution in [0.1, 0.15) is 26.7 Å². The molecule has 0 saturated carbocycles. The van der Waals surface area contributed by atoms with Crippen LogP contribution in [0.4, 0.5) is 0 Å². The van der Waals surface area contributed by atoms with Crippen LogP contribution in [0.3, 0.4) is 0 Å². The Morgan fingerprint density at radius 1 is 1.39 bits per heavy atom. The Morgan fingerprint density at radius 2 is 2.06 bits per heavy atom. The third kappa shape index (κ3) is 4.48. The van der Waals surface area contributed by atoms with Crippen molar-refractivity contribution in [2.24, 2.45) is 5.84 Å². The highest BCUT2D eigenvalue weighted by molar-refractivity contribution is 4.89. The van der Waals surface area contributed by atoms with Crippen molar-refractivity contribution in [3.8, 4) is 0 Å². The van der Waals surface area contributed by atoms with Gasteiger partial charge in [0.2, 0.25) is 0 Å². The molecular formula is C13H30N4O. The second-order valence-corrected chi connectivity index (χ2v) is 6.09. The summed E-state index contributed by atoms with van der Waals surface area (Å²) in [7, 11) is 6.13. The van der Waals surface area contributed by atoms with Crippen LogP contribution < -0.4 is 11.3 Å². The summed E-state index contributed by atoms with van der Waals surface area (Å²) in [6, 6.07) is 0.786. The summed E-state index contributed by atoms with van der Waals surface area (Å²) < 4.78 is 5.48. The van der Waals surface area contributed by atoms with E-state index in [2.05, 4.69) is 43.2 Å². The molecule has 5 heteroatoms. The number of likely N-dealkylation sites (N-methyl/N-ethyl adjacent to an activating group) is 2. The molecule has 3 N–H and O–H groups in total. The predicted octanol–water partition coefficient (Wildman–Crippen LogP) is 0.269. The van der Waals surface area contributed by atoms with E-state index in [1.165, 1.54) is 0 Å². The number of hydrogen-bond donors (Lipinski definition) is 2. The normalized spacial score (nSPS) is 25.3. The molecule has 18 heavy (non-hydrogen) atoms. The molecule has 0 aliphatic carbocycles. The summed E-state index contributed by atoms with van der Waals surface area (Å²) in [4.78, 5) is 4.78. The Kier molecular flexibility index (Phi) is 6.01. The molecule has 2 atom stereocenters. The van der Waals surface area contributed by atoms with Gasteiger partial charge in [-0.1, -0.05) is 0 Å². The van der Waals surface area contributed by atoms with Gasteiger partial charge in [-0.05, 0) is 40.8 Å². The average molecular weight is 258 g/mol. The van der Waals surface area contributed by atoms with E-state index in [-0.39, 0.29) is 5.60 Å². The lowest BCUT2D eigenvalue weighted by Gasteiger charge is -2.42. The zero-order valence-electron chi connectivity index (χ0n) is 12.6. The van der Waals surface area contributed by atoms with E-state index in [1.807, 2.05) is 0 Å². The van der Waals surface area contributed by atoms with Crippen LogP contribution in [-0.4, -0.2) is 68.3 Å². The Hall–Kier alpha value is -0.200. The molecule has 108 valence electrons. The number of piperazine rings is 1. The molecule has 1 aliphatic rings. The molecule has 1 rings (SSSR count). The third-order valence-corrected chi connectivity index (χ3v) is 4.19. The number of nitrogens with zero attached hydrogens (tertiary/aromatic N) is 2. The number of hydrazine groups is 1. The minimum atomic E-state index is -0.0752. The van der Waals surface area contributed by atoms with Crippen molar-refractivity contribution in [1.29, 1.82) is 0 Å². The van der Waals surface area contributed by atoms with E-state index in [0.717, 1.165) is 32.5 Å². The quantitative estimate of drug-likeness (QED) is 0.529. The van der Waals surface area contributed by atoms with Gasteiger partial charge in [0.25, 0.3) is 0 Å². The van der Waals surface area contributed by atoms with Gasteiger partial charge in [0.15, 0.2) is 0 Å². The van der Waals surface area contributed by atoms with Gasteiger partial charge in [0.1, 0.15) is 0 Å². The topological polar surface area (TPSA) is 53.8 Å². The van der Waals surface area contributed by atoms with Gasteiger partial charge in [-0.15, -0.1) is 0 Å². The summed E-state index contributed by atoms with van der Waals surface area (Å²) in [6.45, 7) is 7.55. The van der Waals surface area contributed by atoms with Crippen LogP contribution in [0.15, 0.2) is 0 Å². The molecule has 0 aromatic heterocycles. The molecule has 0 spiro atoms. The molecular weight excluding hydrogens is 228 g/mol. The van der Waals surface area contributed by atoms with Crippen LogP contribution in [0, 0.1) is 0 Å². The fourth-order valence-corrected chi connectivity index (χ4v) is 2.47. The summed E-state index contributed by atoms with van der Waals surface area (Å²) in [5.41, 5.74) is 2.92. The zero-order chi connectivity index (χ0) is 13.8. The average Bonchev–Trinajstić information content (AvgIpc) is 2.34. The monoisotopic (exact) mass is 258 g/mol. The predicted molar refractivity (Wildman–Crippen MR) is 75.3 cm³/mol. The van der Waals surface area contributed by atoms with Crippen molar-refractivity contribution in [2.45, 2.75) is 44.4 Å². The van der Waals surface area contributed by atoms with E-state index in [1.54, 1.807) is 7.11 Å². The van der Waals surface area contributed by atoms with Crippen molar-refractivity contribution >= 4 is 0 Å². The number of methoxy groups -OCH3 is 1. The maximum Gasteiger partial charge on any atom is 0.0623 e. The second-order valence-electron chi connectivity index (χ2n) is 6.09. The summed E-state index contributed by atoms with van der Waals surface area (Å²) in [5.74, 6) is 5.75. The van der Waals surface area contributed by atoms with E-state index in [9.17, 15) is 0 Å². The standard InChI is InChI=1S/C13H30N4O/c1-13(2,18-5)7-6-11(15-14)12-10-16(3)8-9-17(12)4/h11-12,15H,6-10,14H2,1-5H3. The number of ether oxygens (including phenoxy) is 1. The number of hydrogen-bond acceptors (Lipinski definition) is 5. The Morgan fingerprint density at radius 3 is 2.61 bits per heavy atom. The number of rotatable bonds is 6. The maximum absolute atomic E-state index is 5.75. The van der Waals surface area contributed by atoms with Gasteiger partial charge >= 0.3 is 0 Å². The Bertz CT molecular complexity index is 247. The highest BCUT2D eigenvalue weighted by Crippen LogP contribution is 2.20. The molecule has 0 radical (unpaired) electrons. The Labute approximate surface area is 112 Å². The van der Waals surface area contributed by atoms with Gasteiger partial charge in [-0.25, -0.2) is 0 Å². The number of nitrogens with two attached hydrogens (primary N) is 1. The van der Waals surface area contributed by atoms with Gasteiger partial charge in [0, 0.05) is 38.8 Å². The molecule has 1 aliphatic heterocycles. The van der Waals surface area contributed by atoms with E-state index >= 15 is 0 Å². The van der Waals surface area contributed by atoms with E-state index in [0.29, 0.717) is 12.1 Å². The van der Waals surface area contributed by atoms with Crippen LogP contribution in [0.5, 0.6) is 0 Å². The fraction of sp³-hybridized carbons (Fsp3) is 1.00. The van der Waals surface area contributed by atoms with Gasteiger partial charge in [-0.3, -0.25) is 16.2 Å². The van der Waals surface area contributed by atoms with Gasteiger partial charge in [0.05, 0.1) is 5.60 Å². The minimum Gasteiger partial charge on any atom is -0.379 e. The lowest BCUT2D eigenvalue weighted by Crippen LogP contribution is -2.60. The molecule has 1 fully saturated rings. The number of nitrogens with one attached hydrogen (secondary N) is 1. The van der Waals surface area contributed by atoms with Crippen molar-refractivity contribution in [3.63, 3.8) is 0 Å². The SMILES string of the molecule is COC(C)(C)CCC(NN)C1CN(C)CCN1C. The van der Waals surface area contributed by atoms with Gasteiger partial charge < -0.3 is 9.64 Å². The van der Waals surface area contributed by atoms with Crippen LogP contribution in [-0.2, 0) is 4.74 Å². The first-order chi connectivity index (χ1) is 8.39. The third-order valence-electron chi connectivity index (χ3n) is 4.19. The largest absolute Gasteiger partial charge is 0.379 e. The molecule has 0 bridgehead atoms. The molecule has 0 aromatic carbocycles. The van der Waals surface area contributed by atoms with Crippen LogP contribution in [0.25, 0.3) is 0 Å². The highest BCUT2D eigenvalue weighted by Gasteiger charge is 2.30. The van der Waals surface area contributed by atoms with Crippen LogP contribution >= 0.6 is 0 Å². The van der Waals surface area contributed by atoms with Gasteiger partial charge in [-0.2, -0.15) is 0 Å².